The maximum Gasteiger partial charge on any atom is 0.243 e. The highest BCUT2D eigenvalue weighted by atomic mass is 32.2. The van der Waals surface area contributed by atoms with Gasteiger partial charge in [-0.15, -0.1) is 0 Å². The first kappa shape index (κ1) is 16.7. The van der Waals surface area contributed by atoms with Crippen LogP contribution in [-0.2, 0) is 14.8 Å². The molecule has 1 aliphatic rings. The standard InChI is InChI=1S/C18H20N2O3S/c1-14(15-8-4-2-5-9-15)19-18(21)17-12-13-20(17)24(22,23)16-10-6-3-7-11-16/h2-11,14,17H,12-13H2,1H3,(H,19,21)/t14-,17-/m1/s1. The van der Waals surface area contributed by atoms with E-state index in [4.69, 9.17) is 0 Å². The van der Waals surface area contributed by atoms with Crippen molar-refractivity contribution in [1.82, 2.24) is 9.62 Å². The van der Waals surface area contributed by atoms with E-state index in [-0.39, 0.29) is 16.8 Å². The van der Waals surface area contributed by atoms with Crippen LogP contribution in [0.5, 0.6) is 0 Å². The van der Waals surface area contributed by atoms with Gasteiger partial charge in [-0.1, -0.05) is 48.5 Å². The van der Waals surface area contributed by atoms with Crippen LogP contribution in [0.25, 0.3) is 0 Å². The number of nitrogens with zero attached hydrogens (tertiary/aromatic N) is 1. The van der Waals surface area contributed by atoms with Crippen molar-refractivity contribution in [2.45, 2.75) is 30.3 Å². The zero-order chi connectivity index (χ0) is 17.2. The van der Waals surface area contributed by atoms with E-state index in [0.29, 0.717) is 13.0 Å². The van der Waals surface area contributed by atoms with Gasteiger partial charge in [0.15, 0.2) is 0 Å². The van der Waals surface area contributed by atoms with Crippen molar-refractivity contribution < 1.29 is 13.2 Å². The quantitative estimate of drug-likeness (QED) is 0.905. The molecule has 24 heavy (non-hydrogen) atoms. The molecule has 1 N–H and O–H groups in total. The van der Waals surface area contributed by atoms with Crippen LogP contribution in [0.4, 0.5) is 0 Å². The van der Waals surface area contributed by atoms with E-state index in [1.807, 2.05) is 37.3 Å². The number of benzene rings is 2. The molecule has 3 rings (SSSR count). The van der Waals surface area contributed by atoms with Gasteiger partial charge in [0.25, 0.3) is 0 Å². The summed E-state index contributed by atoms with van der Waals surface area (Å²) in [5.74, 6) is -0.253. The van der Waals surface area contributed by atoms with Crippen molar-refractivity contribution in [2.75, 3.05) is 6.54 Å². The first-order chi connectivity index (χ1) is 11.5. The predicted molar refractivity (Wildman–Crippen MR) is 91.7 cm³/mol. The first-order valence-corrected chi connectivity index (χ1v) is 9.36. The normalized spacial score (nSPS) is 19.3. The van der Waals surface area contributed by atoms with Gasteiger partial charge in [-0.3, -0.25) is 4.79 Å². The molecule has 1 saturated heterocycles. The van der Waals surface area contributed by atoms with Crippen LogP contribution in [0.3, 0.4) is 0 Å². The van der Waals surface area contributed by atoms with Gasteiger partial charge in [-0.25, -0.2) is 8.42 Å². The number of amides is 1. The van der Waals surface area contributed by atoms with Crippen molar-refractivity contribution in [3.8, 4) is 0 Å². The zero-order valence-electron chi connectivity index (χ0n) is 13.4. The zero-order valence-corrected chi connectivity index (χ0v) is 14.2. The van der Waals surface area contributed by atoms with Crippen LogP contribution in [0.15, 0.2) is 65.6 Å². The second-order valence-corrected chi connectivity index (χ2v) is 7.76. The van der Waals surface area contributed by atoms with Gasteiger partial charge in [0, 0.05) is 6.54 Å². The maximum absolute atomic E-state index is 12.6. The van der Waals surface area contributed by atoms with Crippen LogP contribution in [0.1, 0.15) is 24.9 Å². The lowest BCUT2D eigenvalue weighted by Gasteiger charge is -2.38. The maximum atomic E-state index is 12.6. The lowest BCUT2D eigenvalue weighted by molar-refractivity contribution is -0.128. The van der Waals surface area contributed by atoms with Gasteiger partial charge in [0.1, 0.15) is 6.04 Å². The summed E-state index contributed by atoms with van der Waals surface area (Å²) >= 11 is 0. The summed E-state index contributed by atoms with van der Waals surface area (Å²) < 4.78 is 26.5. The molecule has 1 heterocycles. The fraction of sp³-hybridized carbons (Fsp3) is 0.278. The Morgan fingerprint density at radius 1 is 1.08 bits per heavy atom. The monoisotopic (exact) mass is 344 g/mol. The Morgan fingerprint density at radius 2 is 1.67 bits per heavy atom. The molecule has 126 valence electrons. The Labute approximate surface area is 142 Å². The molecule has 5 nitrogen and oxygen atoms in total. The fourth-order valence-electron chi connectivity index (χ4n) is 2.78. The lowest BCUT2D eigenvalue weighted by atomic mass is 10.0. The molecule has 0 spiro atoms. The molecule has 0 bridgehead atoms. The molecule has 0 aliphatic carbocycles. The summed E-state index contributed by atoms with van der Waals surface area (Å²) in [5, 5.41) is 2.91. The van der Waals surface area contributed by atoms with Crippen LogP contribution < -0.4 is 5.32 Å². The number of carbonyl (C=O) groups is 1. The van der Waals surface area contributed by atoms with Gasteiger partial charge in [-0.2, -0.15) is 4.31 Å². The van der Waals surface area contributed by atoms with Crippen LogP contribution in [0, 0.1) is 0 Å². The average molecular weight is 344 g/mol. The fourth-order valence-corrected chi connectivity index (χ4v) is 4.43. The van der Waals surface area contributed by atoms with Gasteiger partial charge < -0.3 is 5.32 Å². The molecule has 0 unspecified atom stereocenters. The van der Waals surface area contributed by atoms with E-state index >= 15 is 0 Å². The van der Waals surface area contributed by atoms with E-state index in [0.717, 1.165) is 5.56 Å². The van der Waals surface area contributed by atoms with E-state index in [9.17, 15) is 13.2 Å². The third-order valence-corrected chi connectivity index (χ3v) is 6.20. The van der Waals surface area contributed by atoms with Crippen LogP contribution >= 0.6 is 0 Å². The van der Waals surface area contributed by atoms with Crippen LogP contribution in [-0.4, -0.2) is 31.2 Å². The molecule has 1 aliphatic heterocycles. The van der Waals surface area contributed by atoms with E-state index < -0.39 is 16.1 Å². The Balaban J connectivity index is 1.71. The molecular formula is C18H20N2O3S. The topological polar surface area (TPSA) is 66.5 Å². The minimum Gasteiger partial charge on any atom is -0.348 e. The number of sulfonamides is 1. The van der Waals surface area contributed by atoms with Crippen molar-refractivity contribution in [3.05, 3.63) is 66.2 Å². The highest BCUT2D eigenvalue weighted by Gasteiger charge is 2.42. The smallest absolute Gasteiger partial charge is 0.243 e. The third-order valence-electron chi connectivity index (χ3n) is 4.28. The van der Waals surface area contributed by atoms with E-state index in [1.165, 1.54) is 4.31 Å². The van der Waals surface area contributed by atoms with Crippen molar-refractivity contribution in [1.29, 1.82) is 0 Å². The minimum absolute atomic E-state index is 0.166. The van der Waals surface area contributed by atoms with E-state index in [2.05, 4.69) is 5.32 Å². The van der Waals surface area contributed by atoms with Crippen molar-refractivity contribution in [2.24, 2.45) is 0 Å². The molecule has 0 aromatic heterocycles. The largest absolute Gasteiger partial charge is 0.348 e. The molecule has 1 amide bonds. The summed E-state index contributed by atoms with van der Waals surface area (Å²) in [7, 11) is -3.62. The van der Waals surface area contributed by atoms with Gasteiger partial charge >= 0.3 is 0 Å². The molecule has 0 saturated carbocycles. The Bertz CT molecular complexity index is 807. The number of hydrogen-bond donors (Lipinski definition) is 1. The SMILES string of the molecule is C[C@@H](NC(=O)[C@H]1CCN1S(=O)(=O)c1ccccc1)c1ccccc1. The summed E-state index contributed by atoms with van der Waals surface area (Å²) in [5.41, 5.74) is 0.989. The molecule has 1 fully saturated rings. The molecule has 6 heteroatoms. The Morgan fingerprint density at radius 3 is 2.21 bits per heavy atom. The van der Waals surface area contributed by atoms with Crippen molar-refractivity contribution in [3.63, 3.8) is 0 Å². The van der Waals surface area contributed by atoms with Crippen LogP contribution in [0.2, 0.25) is 0 Å². The average Bonchev–Trinajstić information content (AvgIpc) is 2.55. The van der Waals surface area contributed by atoms with Gasteiger partial charge in [0.05, 0.1) is 10.9 Å². The highest BCUT2D eigenvalue weighted by Crippen LogP contribution is 2.27. The molecule has 2 aromatic rings. The minimum atomic E-state index is -3.62. The summed E-state index contributed by atoms with van der Waals surface area (Å²) in [6.45, 7) is 2.26. The second-order valence-electron chi connectivity index (χ2n) is 5.87. The van der Waals surface area contributed by atoms with Gasteiger partial charge in [0.2, 0.25) is 15.9 Å². The molecular weight excluding hydrogens is 324 g/mol. The number of hydrogen-bond acceptors (Lipinski definition) is 3. The first-order valence-electron chi connectivity index (χ1n) is 7.92. The number of nitrogens with one attached hydrogen (secondary N) is 1. The summed E-state index contributed by atoms with van der Waals surface area (Å²) in [6.07, 6.45) is 0.541. The predicted octanol–water partition coefficient (Wildman–Crippen LogP) is 2.33. The summed E-state index contributed by atoms with van der Waals surface area (Å²) in [4.78, 5) is 12.7. The van der Waals surface area contributed by atoms with Crippen molar-refractivity contribution >= 4 is 15.9 Å². The Hall–Kier alpha value is -2.18. The number of carbonyl (C=O) groups excluding carboxylic acids is 1. The molecule has 2 aromatic carbocycles. The highest BCUT2D eigenvalue weighted by molar-refractivity contribution is 7.89. The van der Waals surface area contributed by atoms with E-state index in [1.54, 1.807) is 30.3 Å². The summed E-state index contributed by atoms with van der Waals surface area (Å²) in [6, 6.07) is 17.0. The molecule has 2 atom stereocenters. The Kier molecular flexibility index (Phi) is 4.69. The number of rotatable bonds is 5. The molecule has 0 radical (unpaired) electrons. The lowest BCUT2D eigenvalue weighted by Crippen LogP contribution is -2.58. The third kappa shape index (κ3) is 3.20. The second kappa shape index (κ2) is 6.75. The van der Waals surface area contributed by atoms with Gasteiger partial charge in [-0.05, 0) is 31.0 Å².